The number of aliphatic carboxylic acids is 1. The zero-order valence-corrected chi connectivity index (χ0v) is 11.9. The van der Waals surface area contributed by atoms with Crippen LogP contribution in [0, 0.1) is 40.4 Å². The van der Waals surface area contributed by atoms with Crippen molar-refractivity contribution < 1.29 is 9.90 Å². The molecule has 4 bridgehead atoms. The fourth-order valence-electron chi connectivity index (χ4n) is 7.02. The van der Waals surface area contributed by atoms with Gasteiger partial charge in [0.15, 0.2) is 0 Å². The maximum absolute atomic E-state index is 12.2. The molecule has 0 aromatic rings. The molecule has 0 amide bonds. The monoisotopic (exact) mass is 260 g/mol. The summed E-state index contributed by atoms with van der Waals surface area (Å²) in [4.78, 5) is 12.2. The van der Waals surface area contributed by atoms with Gasteiger partial charge in [0.05, 0.1) is 5.41 Å². The van der Waals surface area contributed by atoms with Gasteiger partial charge in [0.2, 0.25) is 0 Å². The summed E-state index contributed by atoms with van der Waals surface area (Å²) < 4.78 is 0. The summed E-state index contributed by atoms with van der Waals surface area (Å²) in [5.41, 5.74) is -0.451. The number of carbonyl (C=O) groups is 1. The third-order valence-electron chi connectivity index (χ3n) is 7.44. The Morgan fingerprint density at radius 3 is 2.95 bits per heavy atom. The lowest BCUT2D eigenvalue weighted by Crippen LogP contribution is -2.53. The molecule has 0 radical (unpaired) electrons. The van der Waals surface area contributed by atoms with E-state index in [2.05, 4.69) is 26.0 Å². The van der Waals surface area contributed by atoms with Gasteiger partial charge < -0.3 is 5.11 Å². The zero-order valence-electron chi connectivity index (χ0n) is 11.9. The van der Waals surface area contributed by atoms with Gasteiger partial charge in [-0.2, -0.15) is 0 Å². The fourth-order valence-corrected chi connectivity index (χ4v) is 7.02. The van der Waals surface area contributed by atoms with Gasteiger partial charge in [-0.1, -0.05) is 32.4 Å². The first-order valence-corrected chi connectivity index (χ1v) is 8.00. The molecule has 3 saturated carbocycles. The van der Waals surface area contributed by atoms with Crippen LogP contribution in [0.3, 0.4) is 0 Å². The summed E-state index contributed by atoms with van der Waals surface area (Å²) in [5.74, 6) is 2.71. The number of rotatable bonds is 3. The van der Waals surface area contributed by atoms with E-state index >= 15 is 0 Å². The maximum atomic E-state index is 12.2. The molecule has 0 spiro atoms. The Morgan fingerprint density at radius 1 is 1.47 bits per heavy atom. The minimum atomic E-state index is -0.540. The minimum Gasteiger partial charge on any atom is -0.481 e. The molecule has 2 heteroatoms. The van der Waals surface area contributed by atoms with Gasteiger partial charge in [0.25, 0.3) is 0 Å². The average molecular weight is 260 g/mol. The minimum absolute atomic E-state index is 0.0793. The highest BCUT2D eigenvalue weighted by Crippen LogP contribution is 2.79. The van der Waals surface area contributed by atoms with E-state index in [1.165, 1.54) is 19.3 Å². The molecule has 4 aliphatic carbocycles. The summed E-state index contributed by atoms with van der Waals surface area (Å²) in [7, 11) is 0. The largest absolute Gasteiger partial charge is 0.481 e. The van der Waals surface area contributed by atoms with Gasteiger partial charge in [-0.3, -0.25) is 4.79 Å². The molecule has 2 nitrogen and oxygen atoms in total. The molecule has 0 aliphatic heterocycles. The normalized spacial score (nSPS) is 54.6. The Hall–Kier alpha value is -0.790. The van der Waals surface area contributed by atoms with Crippen LogP contribution in [0.15, 0.2) is 12.2 Å². The molecular formula is C17H24O2. The van der Waals surface area contributed by atoms with E-state index in [1.54, 1.807) is 0 Å². The zero-order chi connectivity index (χ0) is 13.4. The van der Waals surface area contributed by atoms with Gasteiger partial charge in [-0.15, -0.1) is 0 Å². The van der Waals surface area contributed by atoms with E-state index in [4.69, 9.17) is 0 Å². The van der Waals surface area contributed by atoms with Crippen LogP contribution >= 0.6 is 0 Å². The topological polar surface area (TPSA) is 37.3 Å². The fraction of sp³-hybridized carbons (Fsp3) is 0.824. The van der Waals surface area contributed by atoms with Crippen LogP contribution in [0.5, 0.6) is 0 Å². The lowest BCUT2D eigenvalue weighted by Gasteiger charge is -2.53. The molecule has 1 N–H and O–H groups in total. The SMILES string of the molecule is CCC(C)C12C3CCC(C3)C1C1C=CC2(C(=O)O)C1. The smallest absolute Gasteiger partial charge is 0.314 e. The number of fused-ring (bicyclic) bond motifs is 9. The second-order valence-electron chi connectivity index (χ2n) is 7.54. The number of allylic oxidation sites excluding steroid dienone is 1. The van der Waals surface area contributed by atoms with Gasteiger partial charge in [-0.05, 0) is 60.7 Å². The molecule has 3 fully saturated rings. The first-order chi connectivity index (χ1) is 9.08. The molecule has 0 heterocycles. The summed E-state index contributed by atoms with van der Waals surface area (Å²) >= 11 is 0. The summed E-state index contributed by atoms with van der Waals surface area (Å²) in [5, 5.41) is 10.0. The first-order valence-electron chi connectivity index (χ1n) is 8.00. The highest BCUT2D eigenvalue weighted by Gasteiger charge is 2.77. The highest BCUT2D eigenvalue weighted by atomic mass is 16.4. The highest BCUT2D eigenvalue weighted by molar-refractivity contribution is 5.81. The van der Waals surface area contributed by atoms with Crippen LogP contribution in [0.1, 0.15) is 46.0 Å². The second kappa shape index (κ2) is 3.45. The number of hydrogen-bond acceptors (Lipinski definition) is 1. The third kappa shape index (κ3) is 1.03. The quantitative estimate of drug-likeness (QED) is 0.620. The Morgan fingerprint density at radius 2 is 2.26 bits per heavy atom. The third-order valence-corrected chi connectivity index (χ3v) is 7.44. The number of carboxylic acid groups (broad SMARTS) is 1. The average Bonchev–Trinajstić information content (AvgIpc) is 3.13. The van der Waals surface area contributed by atoms with Gasteiger partial charge in [-0.25, -0.2) is 0 Å². The summed E-state index contributed by atoms with van der Waals surface area (Å²) in [6, 6.07) is 0. The molecule has 4 rings (SSSR count). The van der Waals surface area contributed by atoms with E-state index in [9.17, 15) is 9.90 Å². The molecule has 0 aromatic carbocycles. The Bertz CT molecular complexity index is 468. The molecule has 0 saturated heterocycles. The lowest BCUT2D eigenvalue weighted by atomic mass is 9.49. The second-order valence-corrected chi connectivity index (χ2v) is 7.54. The van der Waals surface area contributed by atoms with E-state index in [-0.39, 0.29) is 5.41 Å². The van der Waals surface area contributed by atoms with Crippen LogP contribution in [0.4, 0.5) is 0 Å². The van der Waals surface area contributed by atoms with Gasteiger partial charge in [0.1, 0.15) is 0 Å². The molecule has 104 valence electrons. The van der Waals surface area contributed by atoms with E-state index in [0.29, 0.717) is 23.7 Å². The molecule has 7 atom stereocenters. The lowest BCUT2D eigenvalue weighted by molar-refractivity contribution is -0.160. The van der Waals surface area contributed by atoms with E-state index in [1.807, 2.05) is 0 Å². The number of hydrogen-bond donors (Lipinski definition) is 1. The Labute approximate surface area is 115 Å². The van der Waals surface area contributed by atoms with Crippen molar-refractivity contribution in [3.8, 4) is 0 Å². The van der Waals surface area contributed by atoms with Crippen molar-refractivity contribution in [3.05, 3.63) is 12.2 Å². The predicted octanol–water partition coefficient (Wildman–Crippen LogP) is 3.73. The first kappa shape index (κ1) is 12.0. The molecule has 4 aliphatic rings. The molecule has 19 heavy (non-hydrogen) atoms. The van der Waals surface area contributed by atoms with E-state index in [0.717, 1.165) is 18.8 Å². The van der Waals surface area contributed by atoms with Crippen molar-refractivity contribution in [1.82, 2.24) is 0 Å². The van der Waals surface area contributed by atoms with Crippen molar-refractivity contribution in [1.29, 1.82) is 0 Å². The number of carboxylic acids is 1. The van der Waals surface area contributed by atoms with Crippen molar-refractivity contribution in [2.75, 3.05) is 0 Å². The van der Waals surface area contributed by atoms with Crippen molar-refractivity contribution in [2.24, 2.45) is 40.4 Å². The molecule has 0 aromatic heterocycles. The summed E-state index contributed by atoms with van der Waals surface area (Å²) in [6.45, 7) is 4.57. The Balaban J connectivity index is 1.94. The summed E-state index contributed by atoms with van der Waals surface area (Å²) in [6.07, 6.45) is 10.3. The van der Waals surface area contributed by atoms with Gasteiger partial charge in [0, 0.05) is 0 Å². The van der Waals surface area contributed by atoms with Gasteiger partial charge >= 0.3 is 5.97 Å². The van der Waals surface area contributed by atoms with E-state index < -0.39 is 11.4 Å². The van der Waals surface area contributed by atoms with Crippen molar-refractivity contribution in [2.45, 2.75) is 46.0 Å². The van der Waals surface area contributed by atoms with Crippen LogP contribution in [0.2, 0.25) is 0 Å². The standard InChI is InChI=1S/C17H24O2/c1-3-10(2)17-13-5-4-11(8-13)14(17)12-6-7-16(17,9-12)15(18)19/h6-7,10-14H,3-5,8-9H2,1-2H3,(H,18,19). The molecular weight excluding hydrogens is 236 g/mol. The van der Waals surface area contributed by atoms with Crippen molar-refractivity contribution >= 4 is 5.97 Å². The maximum Gasteiger partial charge on any atom is 0.314 e. The van der Waals surface area contributed by atoms with Crippen LogP contribution in [-0.2, 0) is 4.79 Å². The predicted molar refractivity (Wildman–Crippen MR) is 73.5 cm³/mol. The molecule has 7 unspecified atom stereocenters. The van der Waals surface area contributed by atoms with Crippen LogP contribution in [0.25, 0.3) is 0 Å². The van der Waals surface area contributed by atoms with Crippen LogP contribution in [-0.4, -0.2) is 11.1 Å². The van der Waals surface area contributed by atoms with Crippen molar-refractivity contribution in [3.63, 3.8) is 0 Å². The van der Waals surface area contributed by atoms with Crippen LogP contribution < -0.4 is 0 Å². The Kier molecular flexibility index (Phi) is 2.18.